The predicted molar refractivity (Wildman–Crippen MR) is 106 cm³/mol. The number of ether oxygens (including phenoxy) is 1. The molecule has 3 rings (SSSR count). The van der Waals surface area contributed by atoms with Crippen LogP contribution in [0.3, 0.4) is 0 Å². The lowest BCUT2D eigenvalue weighted by atomic mass is 10.1. The van der Waals surface area contributed by atoms with Crippen molar-refractivity contribution in [2.24, 2.45) is 5.73 Å². The summed E-state index contributed by atoms with van der Waals surface area (Å²) in [5, 5.41) is 5.59. The van der Waals surface area contributed by atoms with Gasteiger partial charge in [0.1, 0.15) is 11.2 Å². The number of amides is 1. The minimum absolute atomic E-state index is 0.0348. The van der Waals surface area contributed by atoms with Gasteiger partial charge in [0.15, 0.2) is 0 Å². The molecule has 1 heterocycles. The molecule has 0 saturated carbocycles. The lowest BCUT2D eigenvalue weighted by molar-refractivity contribution is -0.274. The zero-order valence-corrected chi connectivity index (χ0v) is 15.9. The van der Waals surface area contributed by atoms with Gasteiger partial charge in [0.2, 0.25) is 0 Å². The van der Waals surface area contributed by atoms with E-state index in [9.17, 15) is 18.0 Å². The molecule has 0 radical (unpaired) electrons. The van der Waals surface area contributed by atoms with Gasteiger partial charge in [-0.25, -0.2) is 0 Å². The number of carbonyl (C=O) groups is 1. The monoisotopic (exact) mass is 419 g/mol. The van der Waals surface area contributed by atoms with Crippen molar-refractivity contribution in [3.8, 4) is 17.6 Å². The van der Waals surface area contributed by atoms with Gasteiger partial charge in [0, 0.05) is 23.0 Å². The molecule has 0 spiro atoms. The fraction of sp³-hybridized carbons (Fsp3) is 0.150. The van der Waals surface area contributed by atoms with Crippen LogP contribution in [0.15, 0.2) is 53.6 Å². The quantitative estimate of drug-likeness (QED) is 0.658. The highest BCUT2D eigenvalue weighted by Crippen LogP contribution is 2.24. The van der Waals surface area contributed by atoms with E-state index in [1.807, 2.05) is 6.92 Å². The highest BCUT2D eigenvalue weighted by atomic mass is 32.2. The average Bonchev–Trinajstić information content (AvgIpc) is 3.06. The first-order valence-corrected chi connectivity index (χ1v) is 9.26. The van der Waals surface area contributed by atoms with Crippen molar-refractivity contribution in [2.45, 2.75) is 18.8 Å². The molecule has 1 aliphatic rings. The molecule has 2 aromatic carbocycles. The number of hydrogen-bond donors (Lipinski definition) is 3. The summed E-state index contributed by atoms with van der Waals surface area (Å²) in [6, 6.07) is 10.0. The first-order chi connectivity index (χ1) is 13.7. The Labute approximate surface area is 169 Å². The highest BCUT2D eigenvalue weighted by Gasteiger charge is 2.31. The number of halogens is 3. The molecular formula is C20H16F3N3O2S. The van der Waals surface area contributed by atoms with E-state index in [0.717, 1.165) is 22.6 Å². The molecule has 0 saturated heterocycles. The fourth-order valence-corrected chi connectivity index (χ4v) is 3.08. The lowest BCUT2D eigenvalue weighted by Crippen LogP contribution is -2.25. The average molecular weight is 419 g/mol. The molecule has 0 aromatic heterocycles. The van der Waals surface area contributed by atoms with Crippen molar-refractivity contribution in [1.29, 1.82) is 0 Å². The first-order valence-electron chi connectivity index (χ1n) is 8.38. The molecule has 1 amide bonds. The molecule has 1 aliphatic heterocycles. The molecule has 150 valence electrons. The van der Waals surface area contributed by atoms with Gasteiger partial charge in [0.25, 0.3) is 5.91 Å². The predicted octanol–water partition coefficient (Wildman–Crippen LogP) is 3.92. The maximum Gasteiger partial charge on any atom is 0.573 e. The van der Waals surface area contributed by atoms with Crippen LogP contribution in [-0.2, 0) is 0 Å². The number of nitrogens with two attached hydrogens (primary N) is 1. The summed E-state index contributed by atoms with van der Waals surface area (Å²) >= 11 is 1.40. The van der Waals surface area contributed by atoms with Crippen LogP contribution in [0.2, 0.25) is 0 Å². The standard InChI is InChI=1S/C20H16F3N3O2S/c1-12-5-7-15(9-13(12)6-8-17-11-25-19(24)29-17)26-18(27)14-3-2-4-16(10-14)28-20(21,22)23/h2-5,7,9-11,19,25H,24H2,1H3,(H,26,27). The first kappa shape index (κ1) is 20.6. The van der Waals surface area contributed by atoms with Gasteiger partial charge in [-0.2, -0.15) is 0 Å². The van der Waals surface area contributed by atoms with Crippen molar-refractivity contribution in [2.75, 3.05) is 5.32 Å². The van der Waals surface area contributed by atoms with Gasteiger partial charge in [-0.3, -0.25) is 4.79 Å². The number of nitrogens with one attached hydrogen (secondary N) is 2. The summed E-state index contributed by atoms with van der Waals surface area (Å²) in [4.78, 5) is 13.2. The number of aryl methyl sites for hydroxylation is 1. The Morgan fingerprint density at radius 1 is 1.24 bits per heavy atom. The number of hydrogen-bond acceptors (Lipinski definition) is 5. The molecule has 5 nitrogen and oxygen atoms in total. The molecule has 0 aliphatic carbocycles. The Bertz CT molecular complexity index is 1030. The van der Waals surface area contributed by atoms with Crippen LogP contribution in [0.4, 0.5) is 18.9 Å². The fourth-order valence-electron chi connectivity index (χ4n) is 2.43. The number of alkyl halides is 3. The minimum Gasteiger partial charge on any atom is -0.406 e. The van der Waals surface area contributed by atoms with E-state index in [0.29, 0.717) is 11.3 Å². The molecule has 1 atom stereocenters. The number of allylic oxidation sites excluding steroid dienone is 1. The third kappa shape index (κ3) is 5.94. The van der Waals surface area contributed by atoms with E-state index in [4.69, 9.17) is 5.73 Å². The SMILES string of the molecule is Cc1ccc(NC(=O)c2cccc(OC(F)(F)F)c2)cc1C#CC1=CNC(N)S1. The van der Waals surface area contributed by atoms with Crippen molar-refractivity contribution in [3.05, 3.63) is 70.3 Å². The number of anilines is 1. The lowest BCUT2D eigenvalue weighted by Gasteiger charge is -2.11. The minimum atomic E-state index is -4.83. The van der Waals surface area contributed by atoms with Crippen molar-refractivity contribution >= 4 is 23.4 Å². The second-order valence-electron chi connectivity index (χ2n) is 6.02. The van der Waals surface area contributed by atoms with E-state index in [1.54, 1.807) is 24.4 Å². The van der Waals surface area contributed by atoms with Gasteiger partial charge in [-0.05, 0) is 42.8 Å². The van der Waals surface area contributed by atoms with Crippen LogP contribution in [0.5, 0.6) is 5.75 Å². The summed E-state index contributed by atoms with van der Waals surface area (Å²) in [7, 11) is 0. The van der Waals surface area contributed by atoms with E-state index in [-0.39, 0.29) is 11.1 Å². The topological polar surface area (TPSA) is 76.4 Å². The molecule has 2 aromatic rings. The third-order valence-corrected chi connectivity index (χ3v) is 4.64. The Kier molecular flexibility index (Phi) is 6.06. The van der Waals surface area contributed by atoms with Gasteiger partial charge < -0.3 is 21.1 Å². The second-order valence-corrected chi connectivity index (χ2v) is 7.21. The Morgan fingerprint density at radius 3 is 2.72 bits per heavy atom. The molecule has 29 heavy (non-hydrogen) atoms. The van der Waals surface area contributed by atoms with Gasteiger partial charge in [0.05, 0.1) is 4.91 Å². The highest BCUT2D eigenvalue weighted by molar-refractivity contribution is 8.04. The van der Waals surface area contributed by atoms with E-state index < -0.39 is 18.0 Å². The van der Waals surface area contributed by atoms with E-state index in [1.165, 1.54) is 23.9 Å². The zero-order valence-electron chi connectivity index (χ0n) is 15.1. The maximum absolute atomic E-state index is 12.4. The second kappa shape index (κ2) is 8.51. The molecule has 9 heteroatoms. The summed E-state index contributed by atoms with van der Waals surface area (Å²) in [5.41, 5.74) is 7.62. The molecular weight excluding hydrogens is 403 g/mol. The van der Waals surface area contributed by atoms with Crippen LogP contribution >= 0.6 is 11.8 Å². The summed E-state index contributed by atoms with van der Waals surface area (Å²) in [6.45, 7) is 1.88. The Morgan fingerprint density at radius 2 is 2.03 bits per heavy atom. The maximum atomic E-state index is 12.4. The van der Waals surface area contributed by atoms with E-state index >= 15 is 0 Å². The van der Waals surface area contributed by atoms with Crippen LogP contribution in [0, 0.1) is 18.8 Å². The van der Waals surface area contributed by atoms with E-state index in [2.05, 4.69) is 27.2 Å². The van der Waals surface area contributed by atoms with Crippen LogP contribution in [-0.4, -0.2) is 17.8 Å². The zero-order chi connectivity index (χ0) is 21.0. The summed E-state index contributed by atoms with van der Waals surface area (Å²) in [6.07, 6.45) is -3.09. The third-order valence-electron chi connectivity index (χ3n) is 3.78. The molecule has 1 unspecified atom stereocenters. The summed E-state index contributed by atoms with van der Waals surface area (Å²) in [5.74, 6) is 5.01. The molecule has 0 bridgehead atoms. The largest absolute Gasteiger partial charge is 0.573 e. The molecule has 4 N–H and O–H groups in total. The van der Waals surface area contributed by atoms with Gasteiger partial charge in [-0.1, -0.05) is 35.7 Å². The molecule has 0 fully saturated rings. The number of benzene rings is 2. The van der Waals surface area contributed by atoms with Crippen molar-refractivity contribution in [3.63, 3.8) is 0 Å². The Hall–Kier alpha value is -3.09. The van der Waals surface area contributed by atoms with Crippen LogP contribution in [0.1, 0.15) is 21.5 Å². The normalized spacial score (nSPS) is 15.6. The van der Waals surface area contributed by atoms with Crippen LogP contribution in [0.25, 0.3) is 0 Å². The van der Waals surface area contributed by atoms with Crippen LogP contribution < -0.4 is 21.1 Å². The summed E-state index contributed by atoms with van der Waals surface area (Å²) < 4.78 is 40.9. The number of rotatable bonds is 3. The smallest absolute Gasteiger partial charge is 0.406 e. The van der Waals surface area contributed by atoms with Gasteiger partial charge >= 0.3 is 6.36 Å². The number of carbonyl (C=O) groups excluding carboxylic acids is 1. The number of thioether (sulfide) groups is 1. The van der Waals surface area contributed by atoms with Crippen molar-refractivity contribution in [1.82, 2.24) is 5.32 Å². The Balaban J connectivity index is 1.74. The van der Waals surface area contributed by atoms with Gasteiger partial charge in [-0.15, -0.1) is 13.2 Å². The van der Waals surface area contributed by atoms with Crippen molar-refractivity contribution < 1.29 is 22.7 Å².